The molecule has 0 atom stereocenters. The lowest BCUT2D eigenvalue weighted by atomic mass is 10.2. The van der Waals surface area contributed by atoms with Gasteiger partial charge in [-0.25, -0.2) is 0 Å². The zero-order chi connectivity index (χ0) is 12.0. The Morgan fingerprint density at radius 2 is 2.19 bits per heavy atom. The minimum absolute atomic E-state index is 0.0413. The van der Waals surface area contributed by atoms with Gasteiger partial charge in [0.15, 0.2) is 0 Å². The zero-order valence-electron chi connectivity index (χ0n) is 9.54. The van der Waals surface area contributed by atoms with Crippen LogP contribution in [0.5, 0.6) is 5.75 Å². The number of hydrogen-bond acceptors (Lipinski definition) is 4. The van der Waals surface area contributed by atoms with Gasteiger partial charge >= 0.3 is 0 Å². The average Bonchev–Trinajstić information content (AvgIpc) is 2.26. The van der Waals surface area contributed by atoms with Gasteiger partial charge in [-0.1, -0.05) is 6.07 Å². The topological polar surface area (TPSA) is 76.4 Å². The van der Waals surface area contributed by atoms with E-state index in [4.69, 9.17) is 10.5 Å². The summed E-state index contributed by atoms with van der Waals surface area (Å²) in [4.78, 5) is 10.6. The van der Waals surface area contributed by atoms with E-state index >= 15 is 0 Å². The maximum Gasteiger partial charge on any atom is 0.216 e. The number of nitrogen functional groups attached to an aromatic ring is 1. The van der Waals surface area contributed by atoms with Gasteiger partial charge in [0.1, 0.15) is 5.75 Å². The van der Waals surface area contributed by atoms with Crippen LogP contribution in [0.4, 0.5) is 11.4 Å². The van der Waals surface area contributed by atoms with Gasteiger partial charge in [-0.05, 0) is 12.1 Å². The third-order valence-electron chi connectivity index (χ3n) is 2.10. The Labute approximate surface area is 95.0 Å². The summed E-state index contributed by atoms with van der Waals surface area (Å²) in [5.74, 6) is 0.602. The number of hydrogen-bond donors (Lipinski definition) is 3. The molecular formula is C11H17N3O2. The van der Waals surface area contributed by atoms with Gasteiger partial charge in [-0.15, -0.1) is 0 Å². The fourth-order valence-electron chi connectivity index (χ4n) is 1.31. The number of benzene rings is 1. The van der Waals surface area contributed by atoms with Crippen molar-refractivity contribution in [2.75, 3.05) is 31.2 Å². The van der Waals surface area contributed by atoms with Gasteiger partial charge < -0.3 is 21.1 Å². The van der Waals surface area contributed by atoms with E-state index in [1.165, 1.54) is 6.92 Å². The van der Waals surface area contributed by atoms with Crippen molar-refractivity contribution in [3.8, 4) is 5.75 Å². The summed E-state index contributed by atoms with van der Waals surface area (Å²) in [6.07, 6.45) is 0. The molecule has 16 heavy (non-hydrogen) atoms. The third kappa shape index (κ3) is 3.34. The molecule has 88 valence electrons. The Hall–Kier alpha value is -1.91. The maximum absolute atomic E-state index is 10.6. The fourth-order valence-corrected chi connectivity index (χ4v) is 1.31. The SMILES string of the molecule is COc1cccc(NCCNC(C)=O)c1N. The molecule has 1 aromatic carbocycles. The first-order valence-electron chi connectivity index (χ1n) is 5.06. The standard InChI is InChI=1S/C11H17N3O2/c1-8(15)13-6-7-14-9-4-3-5-10(16-2)11(9)12/h3-5,14H,6-7,12H2,1-2H3,(H,13,15). The predicted octanol–water partition coefficient (Wildman–Crippen LogP) is 0.825. The molecule has 0 aliphatic carbocycles. The first-order chi connectivity index (χ1) is 7.65. The van der Waals surface area contributed by atoms with E-state index in [9.17, 15) is 4.79 Å². The molecule has 1 amide bonds. The highest BCUT2D eigenvalue weighted by Crippen LogP contribution is 2.28. The Bertz CT molecular complexity index is 366. The Morgan fingerprint density at radius 1 is 1.44 bits per heavy atom. The highest BCUT2D eigenvalue weighted by atomic mass is 16.5. The van der Waals surface area contributed by atoms with Crippen LogP contribution in [0.15, 0.2) is 18.2 Å². The van der Waals surface area contributed by atoms with Gasteiger partial charge in [-0.2, -0.15) is 0 Å². The molecule has 0 fully saturated rings. The summed E-state index contributed by atoms with van der Waals surface area (Å²) < 4.78 is 5.10. The van der Waals surface area contributed by atoms with Crippen LogP contribution in [-0.4, -0.2) is 26.1 Å². The number of carbonyl (C=O) groups excluding carboxylic acids is 1. The molecule has 5 heteroatoms. The van der Waals surface area contributed by atoms with Crippen molar-refractivity contribution in [3.63, 3.8) is 0 Å². The average molecular weight is 223 g/mol. The van der Waals surface area contributed by atoms with Crippen LogP contribution in [0.1, 0.15) is 6.92 Å². The second-order valence-electron chi connectivity index (χ2n) is 3.33. The molecular weight excluding hydrogens is 206 g/mol. The molecule has 0 saturated heterocycles. The molecule has 0 radical (unpaired) electrons. The van der Waals surface area contributed by atoms with E-state index in [1.807, 2.05) is 12.1 Å². The van der Waals surface area contributed by atoms with Crippen molar-refractivity contribution in [1.82, 2.24) is 5.32 Å². The summed E-state index contributed by atoms with van der Waals surface area (Å²) in [5.41, 5.74) is 7.25. The lowest BCUT2D eigenvalue weighted by Crippen LogP contribution is -2.26. The van der Waals surface area contributed by atoms with Crippen LogP contribution in [0, 0.1) is 0 Å². The van der Waals surface area contributed by atoms with E-state index in [2.05, 4.69) is 10.6 Å². The number of anilines is 2. The molecule has 0 spiro atoms. The summed E-state index contributed by atoms with van der Waals surface area (Å²) in [6, 6.07) is 5.52. The minimum Gasteiger partial charge on any atom is -0.495 e. The van der Waals surface area contributed by atoms with E-state index in [-0.39, 0.29) is 5.91 Å². The molecule has 1 aromatic rings. The summed E-state index contributed by atoms with van der Waals surface area (Å²) in [7, 11) is 1.58. The highest BCUT2D eigenvalue weighted by molar-refractivity contribution is 5.74. The number of para-hydroxylation sites is 1. The quantitative estimate of drug-likeness (QED) is 0.510. The molecule has 0 saturated carbocycles. The van der Waals surface area contributed by atoms with Crippen molar-refractivity contribution in [2.24, 2.45) is 0 Å². The lowest BCUT2D eigenvalue weighted by Gasteiger charge is -2.12. The highest BCUT2D eigenvalue weighted by Gasteiger charge is 2.03. The van der Waals surface area contributed by atoms with Gasteiger partial charge in [0.2, 0.25) is 5.91 Å². The van der Waals surface area contributed by atoms with Crippen LogP contribution in [0.2, 0.25) is 0 Å². The summed E-state index contributed by atoms with van der Waals surface area (Å²) in [5, 5.41) is 5.81. The Kier molecular flexibility index (Phi) is 4.44. The number of nitrogens with two attached hydrogens (primary N) is 1. The molecule has 5 nitrogen and oxygen atoms in total. The van der Waals surface area contributed by atoms with Crippen molar-refractivity contribution >= 4 is 17.3 Å². The maximum atomic E-state index is 10.6. The number of methoxy groups -OCH3 is 1. The second-order valence-corrected chi connectivity index (χ2v) is 3.33. The van der Waals surface area contributed by atoms with Crippen LogP contribution in [0.3, 0.4) is 0 Å². The molecule has 4 N–H and O–H groups in total. The molecule has 0 aromatic heterocycles. The molecule has 1 rings (SSSR count). The smallest absolute Gasteiger partial charge is 0.216 e. The third-order valence-corrected chi connectivity index (χ3v) is 2.10. The number of amides is 1. The predicted molar refractivity (Wildman–Crippen MR) is 64.6 cm³/mol. The van der Waals surface area contributed by atoms with Gasteiger partial charge in [0.25, 0.3) is 0 Å². The fraction of sp³-hybridized carbons (Fsp3) is 0.364. The number of ether oxygens (including phenoxy) is 1. The number of carbonyl (C=O) groups is 1. The lowest BCUT2D eigenvalue weighted by molar-refractivity contribution is -0.118. The number of rotatable bonds is 5. The van der Waals surface area contributed by atoms with E-state index < -0.39 is 0 Å². The van der Waals surface area contributed by atoms with E-state index in [1.54, 1.807) is 13.2 Å². The van der Waals surface area contributed by atoms with Crippen LogP contribution >= 0.6 is 0 Å². The number of nitrogens with one attached hydrogen (secondary N) is 2. The first kappa shape index (κ1) is 12.2. The zero-order valence-corrected chi connectivity index (χ0v) is 9.54. The van der Waals surface area contributed by atoms with Crippen LogP contribution in [-0.2, 0) is 4.79 Å². The van der Waals surface area contributed by atoms with Crippen molar-refractivity contribution in [2.45, 2.75) is 6.92 Å². The summed E-state index contributed by atoms with van der Waals surface area (Å²) in [6.45, 7) is 2.67. The monoisotopic (exact) mass is 223 g/mol. The van der Waals surface area contributed by atoms with E-state index in [0.29, 0.717) is 24.5 Å². The summed E-state index contributed by atoms with van der Waals surface area (Å²) >= 11 is 0. The molecule has 0 aliphatic rings. The molecule has 0 heterocycles. The van der Waals surface area contributed by atoms with Crippen molar-refractivity contribution in [1.29, 1.82) is 0 Å². The van der Waals surface area contributed by atoms with Gasteiger partial charge in [-0.3, -0.25) is 4.79 Å². The van der Waals surface area contributed by atoms with E-state index in [0.717, 1.165) is 5.69 Å². The van der Waals surface area contributed by atoms with Crippen LogP contribution < -0.4 is 21.1 Å². The molecule has 0 aliphatic heterocycles. The Balaban J connectivity index is 2.50. The Morgan fingerprint density at radius 3 is 2.81 bits per heavy atom. The molecule has 0 bridgehead atoms. The molecule has 0 unspecified atom stereocenters. The normalized spacial score (nSPS) is 9.62. The second kappa shape index (κ2) is 5.85. The van der Waals surface area contributed by atoms with Crippen LogP contribution in [0.25, 0.3) is 0 Å². The first-order valence-corrected chi connectivity index (χ1v) is 5.06. The van der Waals surface area contributed by atoms with Gasteiger partial charge in [0, 0.05) is 20.0 Å². The minimum atomic E-state index is -0.0413. The van der Waals surface area contributed by atoms with Crippen molar-refractivity contribution in [3.05, 3.63) is 18.2 Å². The van der Waals surface area contributed by atoms with Gasteiger partial charge in [0.05, 0.1) is 18.5 Å². The largest absolute Gasteiger partial charge is 0.495 e. The van der Waals surface area contributed by atoms with Crippen molar-refractivity contribution < 1.29 is 9.53 Å².